The summed E-state index contributed by atoms with van der Waals surface area (Å²) < 4.78 is 7.29. The number of benzene rings is 1. The van der Waals surface area contributed by atoms with Crippen molar-refractivity contribution < 1.29 is 4.74 Å². The van der Waals surface area contributed by atoms with Crippen LogP contribution in [0.25, 0.3) is 5.69 Å². The summed E-state index contributed by atoms with van der Waals surface area (Å²) in [5, 5.41) is 8.45. The molecule has 5 heteroatoms. The van der Waals surface area contributed by atoms with E-state index in [9.17, 15) is 0 Å². The van der Waals surface area contributed by atoms with Crippen LogP contribution < -0.4 is 4.74 Å². The molecule has 1 aliphatic heterocycles. The van der Waals surface area contributed by atoms with Gasteiger partial charge in [-0.2, -0.15) is 0 Å². The Labute approximate surface area is 119 Å². The lowest BCUT2D eigenvalue weighted by Crippen LogP contribution is -2.32. The number of rotatable bonds is 3. The van der Waals surface area contributed by atoms with E-state index in [0.717, 1.165) is 23.8 Å². The van der Waals surface area contributed by atoms with E-state index < -0.39 is 0 Å². The number of likely N-dealkylation sites (N-methyl/N-ethyl adjacent to an activating group) is 1. The van der Waals surface area contributed by atoms with Crippen molar-refractivity contribution in [2.75, 3.05) is 27.2 Å². The standard InChI is InChI=1S/C15H20N4O/c1-18-9-3-4-12(10-18)15-17-16-11-19(15)13-5-7-14(20-2)8-6-13/h5-8,11-12H,3-4,9-10H2,1-2H3. The van der Waals surface area contributed by atoms with Gasteiger partial charge in [0, 0.05) is 18.2 Å². The molecule has 0 bridgehead atoms. The first-order valence-electron chi connectivity index (χ1n) is 7.01. The number of hydrogen-bond acceptors (Lipinski definition) is 4. The highest BCUT2D eigenvalue weighted by atomic mass is 16.5. The smallest absolute Gasteiger partial charge is 0.141 e. The number of hydrogen-bond donors (Lipinski definition) is 0. The van der Waals surface area contributed by atoms with Gasteiger partial charge < -0.3 is 9.64 Å². The maximum absolute atomic E-state index is 5.20. The van der Waals surface area contributed by atoms with Gasteiger partial charge >= 0.3 is 0 Å². The lowest BCUT2D eigenvalue weighted by molar-refractivity contribution is 0.244. The molecule has 1 saturated heterocycles. The molecule has 0 N–H and O–H groups in total. The zero-order valence-corrected chi connectivity index (χ0v) is 12.0. The Morgan fingerprint density at radius 3 is 2.75 bits per heavy atom. The SMILES string of the molecule is COc1ccc(-n2cnnc2C2CCCN(C)C2)cc1. The molecule has 0 spiro atoms. The van der Waals surface area contributed by atoms with Crippen molar-refractivity contribution in [3.05, 3.63) is 36.4 Å². The van der Waals surface area contributed by atoms with Gasteiger partial charge in [0.05, 0.1) is 7.11 Å². The normalized spacial score (nSPS) is 20.0. The third kappa shape index (κ3) is 2.54. The Morgan fingerprint density at radius 2 is 2.05 bits per heavy atom. The molecule has 1 unspecified atom stereocenters. The molecule has 1 aromatic carbocycles. The van der Waals surface area contributed by atoms with Crippen LogP contribution in [0.4, 0.5) is 0 Å². The molecule has 106 valence electrons. The van der Waals surface area contributed by atoms with E-state index in [-0.39, 0.29) is 0 Å². The Balaban J connectivity index is 1.88. The molecular weight excluding hydrogens is 252 g/mol. The van der Waals surface area contributed by atoms with Crippen LogP contribution in [-0.2, 0) is 0 Å². The molecule has 1 fully saturated rings. The minimum Gasteiger partial charge on any atom is -0.497 e. The predicted molar refractivity (Wildman–Crippen MR) is 77.4 cm³/mol. The molecule has 0 amide bonds. The quantitative estimate of drug-likeness (QED) is 0.858. The highest BCUT2D eigenvalue weighted by molar-refractivity contribution is 5.38. The second-order valence-corrected chi connectivity index (χ2v) is 5.36. The minimum atomic E-state index is 0.457. The second kappa shape index (κ2) is 5.63. The topological polar surface area (TPSA) is 43.2 Å². The highest BCUT2D eigenvalue weighted by Crippen LogP contribution is 2.26. The van der Waals surface area contributed by atoms with E-state index in [1.807, 2.05) is 24.3 Å². The lowest BCUT2D eigenvalue weighted by atomic mass is 9.97. The van der Waals surface area contributed by atoms with Gasteiger partial charge in [-0.1, -0.05) is 0 Å². The van der Waals surface area contributed by atoms with E-state index in [2.05, 4.69) is 26.7 Å². The van der Waals surface area contributed by atoms with Gasteiger partial charge in [0.2, 0.25) is 0 Å². The van der Waals surface area contributed by atoms with E-state index in [4.69, 9.17) is 4.74 Å². The summed E-state index contributed by atoms with van der Waals surface area (Å²) in [6.07, 6.45) is 4.20. The number of methoxy groups -OCH3 is 1. The fourth-order valence-electron chi connectivity index (χ4n) is 2.84. The van der Waals surface area contributed by atoms with Crippen molar-refractivity contribution in [3.63, 3.8) is 0 Å². The maximum atomic E-state index is 5.20. The molecule has 1 atom stereocenters. The Morgan fingerprint density at radius 1 is 1.25 bits per heavy atom. The number of nitrogens with zero attached hydrogens (tertiary/aromatic N) is 4. The van der Waals surface area contributed by atoms with Gasteiger partial charge in [-0.05, 0) is 50.7 Å². The Kier molecular flexibility index (Phi) is 3.69. The monoisotopic (exact) mass is 272 g/mol. The predicted octanol–water partition coefficient (Wildman–Crippen LogP) is 2.09. The summed E-state index contributed by atoms with van der Waals surface area (Å²) in [6, 6.07) is 8.01. The zero-order valence-electron chi connectivity index (χ0n) is 12.0. The molecule has 0 saturated carbocycles. The van der Waals surface area contributed by atoms with Crippen molar-refractivity contribution in [2.45, 2.75) is 18.8 Å². The number of aromatic nitrogens is 3. The highest BCUT2D eigenvalue weighted by Gasteiger charge is 2.23. The zero-order chi connectivity index (χ0) is 13.9. The number of piperidine rings is 1. The molecular formula is C15H20N4O. The van der Waals surface area contributed by atoms with Crippen molar-refractivity contribution in [1.82, 2.24) is 19.7 Å². The molecule has 3 rings (SSSR count). The lowest BCUT2D eigenvalue weighted by Gasteiger charge is -2.29. The minimum absolute atomic E-state index is 0.457. The average molecular weight is 272 g/mol. The van der Waals surface area contributed by atoms with Gasteiger partial charge in [-0.15, -0.1) is 10.2 Å². The first kappa shape index (κ1) is 13.1. The summed E-state index contributed by atoms with van der Waals surface area (Å²) in [5.74, 6) is 2.38. The molecule has 1 aromatic heterocycles. The van der Waals surface area contributed by atoms with Gasteiger partial charge in [-0.25, -0.2) is 0 Å². The van der Waals surface area contributed by atoms with Gasteiger partial charge in [0.15, 0.2) is 0 Å². The third-order valence-corrected chi connectivity index (χ3v) is 3.91. The van der Waals surface area contributed by atoms with Crippen LogP contribution in [-0.4, -0.2) is 46.9 Å². The van der Waals surface area contributed by atoms with Crippen molar-refractivity contribution >= 4 is 0 Å². The Bertz CT molecular complexity index is 564. The van der Waals surface area contributed by atoms with Crippen molar-refractivity contribution in [3.8, 4) is 11.4 Å². The maximum Gasteiger partial charge on any atom is 0.141 e. The Hall–Kier alpha value is -1.88. The summed E-state index contributed by atoms with van der Waals surface area (Å²) in [5.41, 5.74) is 1.08. The van der Waals surface area contributed by atoms with Gasteiger partial charge in [0.25, 0.3) is 0 Å². The molecule has 2 heterocycles. The van der Waals surface area contributed by atoms with Crippen LogP contribution in [0.1, 0.15) is 24.6 Å². The molecule has 0 radical (unpaired) electrons. The first-order chi connectivity index (χ1) is 9.78. The molecule has 20 heavy (non-hydrogen) atoms. The fraction of sp³-hybridized carbons (Fsp3) is 0.467. The average Bonchev–Trinajstić information content (AvgIpc) is 2.97. The first-order valence-corrected chi connectivity index (χ1v) is 7.01. The summed E-state index contributed by atoms with van der Waals surface area (Å²) in [7, 11) is 3.84. The van der Waals surface area contributed by atoms with Crippen LogP contribution in [0.5, 0.6) is 5.75 Å². The largest absolute Gasteiger partial charge is 0.497 e. The number of ether oxygens (including phenoxy) is 1. The van der Waals surface area contributed by atoms with Crippen LogP contribution in [0.3, 0.4) is 0 Å². The third-order valence-electron chi connectivity index (χ3n) is 3.91. The fourth-order valence-corrected chi connectivity index (χ4v) is 2.84. The summed E-state index contributed by atoms with van der Waals surface area (Å²) >= 11 is 0. The molecule has 2 aromatic rings. The van der Waals surface area contributed by atoms with Crippen LogP contribution in [0.15, 0.2) is 30.6 Å². The van der Waals surface area contributed by atoms with E-state index >= 15 is 0 Å². The van der Waals surface area contributed by atoms with Gasteiger partial charge in [0.1, 0.15) is 17.9 Å². The molecule has 0 aliphatic carbocycles. The number of likely N-dealkylation sites (tertiary alicyclic amines) is 1. The molecule has 1 aliphatic rings. The van der Waals surface area contributed by atoms with E-state index in [1.165, 1.54) is 19.4 Å². The van der Waals surface area contributed by atoms with Crippen LogP contribution in [0, 0.1) is 0 Å². The second-order valence-electron chi connectivity index (χ2n) is 5.36. The van der Waals surface area contributed by atoms with Crippen molar-refractivity contribution in [2.24, 2.45) is 0 Å². The van der Waals surface area contributed by atoms with E-state index in [1.54, 1.807) is 13.4 Å². The summed E-state index contributed by atoms with van der Waals surface area (Å²) in [6.45, 7) is 2.22. The van der Waals surface area contributed by atoms with Crippen LogP contribution >= 0.6 is 0 Å². The summed E-state index contributed by atoms with van der Waals surface area (Å²) in [4.78, 5) is 2.36. The molecule has 5 nitrogen and oxygen atoms in total. The van der Waals surface area contributed by atoms with Crippen molar-refractivity contribution in [1.29, 1.82) is 0 Å². The van der Waals surface area contributed by atoms with Crippen LogP contribution in [0.2, 0.25) is 0 Å². The van der Waals surface area contributed by atoms with Gasteiger partial charge in [-0.3, -0.25) is 4.57 Å². The van der Waals surface area contributed by atoms with E-state index in [0.29, 0.717) is 5.92 Å².